The van der Waals surface area contributed by atoms with Crippen LogP contribution in [0.5, 0.6) is 0 Å². The second kappa shape index (κ2) is 13.2. The first kappa shape index (κ1) is 25.8. The van der Waals surface area contributed by atoms with Gasteiger partial charge >= 0.3 is 0 Å². The lowest BCUT2D eigenvalue weighted by atomic mass is 10.1. The van der Waals surface area contributed by atoms with Crippen molar-refractivity contribution in [3.63, 3.8) is 0 Å². The summed E-state index contributed by atoms with van der Waals surface area (Å²) in [4.78, 5) is 19.5. The molecule has 2 aliphatic rings. The zero-order valence-electron chi connectivity index (χ0n) is 17.7. The Kier molecular flexibility index (Phi) is 10.3. The normalized spacial score (nSPS) is 16.6. The largest absolute Gasteiger partial charge is 0.394 e. The number of aliphatic hydroxyl groups is 1. The summed E-state index contributed by atoms with van der Waals surface area (Å²) in [5.41, 5.74) is 0.975. The molecule has 0 aliphatic carbocycles. The van der Waals surface area contributed by atoms with Crippen molar-refractivity contribution in [2.75, 3.05) is 58.0 Å². The van der Waals surface area contributed by atoms with Crippen molar-refractivity contribution in [2.24, 2.45) is 0 Å². The summed E-state index contributed by atoms with van der Waals surface area (Å²) in [6, 6.07) is 1.13. The van der Waals surface area contributed by atoms with Crippen LogP contribution in [0.4, 0.5) is 18.9 Å². The number of carbonyl (C=O) groups is 1. The van der Waals surface area contributed by atoms with E-state index in [2.05, 4.69) is 15.7 Å². The molecule has 2 aliphatic heterocycles. The number of benzene rings is 1. The molecule has 1 fully saturated rings. The van der Waals surface area contributed by atoms with Crippen molar-refractivity contribution in [3.8, 4) is 0 Å². The number of nitrogens with zero attached hydrogens (tertiary/aromatic N) is 1. The summed E-state index contributed by atoms with van der Waals surface area (Å²) in [5, 5.41) is 11.3. The molecule has 0 aromatic heterocycles. The Morgan fingerprint density at radius 3 is 2.73 bits per heavy atom. The van der Waals surface area contributed by atoms with Gasteiger partial charge in [0.1, 0.15) is 0 Å². The van der Waals surface area contributed by atoms with Crippen LogP contribution in [0.2, 0.25) is 0 Å². The van der Waals surface area contributed by atoms with Crippen molar-refractivity contribution >= 4 is 36.3 Å². The first-order valence-corrected chi connectivity index (χ1v) is 12.7. The minimum Gasteiger partial charge on any atom is -0.394 e. The van der Waals surface area contributed by atoms with Crippen molar-refractivity contribution in [2.45, 2.75) is 6.61 Å². The highest BCUT2D eigenvalue weighted by Crippen LogP contribution is 2.30. The van der Waals surface area contributed by atoms with Gasteiger partial charge in [-0.1, -0.05) is 20.7 Å². The van der Waals surface area contributed by atoms with E-state index in [1.165, 1.54) is 10.1 Å². The number of ether oxygens (including phenoxy) is 2. The Morgan fingerprint density at radius 1 is 1.21 bits per heavy atom. The van der Waals surface area contributed by atoms with E-state index in [1.54, 1.807) is 4.08 Å². The minimum atomic E-state index is -1.34. The zero-order chi connectivity index (χ0) is 23.6. The molecule has 0 spiro atoms. The maximum absolute atomic E-state index is 15.0. The molecule has 0 unspecified atom stereocenters. The van der Waals surface area contributed by atoms with E-state index in [1.807, 2.05) is 0 Å². The highest BCUT2D eigenvalue weighted by molar-refractivity contribution is 14.2. The van der Waals surface area contributed by atoms with Gasteiger partial charge < -0.3 is 19.9 Å². The molecule has 0 radical (unpaired) electrons. The first-order chi connectivity index (χ1) is 16.0. The van der Waals surface area contributed by atoms with Crippen LogP contribution in [0.25, 0.3) is 0 Å². The SMILES string of the molecule is O=C(NOCCO)c1cc(COCCN2CCOCC2)c(F)c(F)c1NC1=C(F)C=IC=C1. The fourth-order valence-electron chi connectivity index (χ4n) is 3.07. The smallest absolute Gasteiger partial charge is 0.277 e. The molecule has 3 N–H and O–H groups in total. The van der Waals surface area contributed by atoms with Crippen LogP contribution in [-0.4, -0.2) is 72.6 Å². The molecule has 0 saturated carbocycles. The van der Waals surface area contributed by atoms with E-state index < -0.39 is 49.8 Å². The predicted octanol–water partition coefficient (Wildman–Crippen LogP) is 2.36. The van der Waals surface area contributed by atoms with Crippen molar-refractivity contribution in [3.05, 3.63) is 50.5 Å². The van der Waals surface area contributed by atoms with Crippen LogP contribution < -0.4 is 10.8 Å². The number of anilines is 1. The van der Waals surface area contributed by atoms with Gasteiger partial charge in [-0.05, 0) is 16.2 Å². The number of allylic oxidation sites excluding steroid dienone is 2. The van der Waals surface area contributed by atoms with E-state index >= 15 is 4.39 Å². The summed E-state index contributed by atoms with van der Waals surface area (Å²) in [7, 11) is 0. The Balaban J connectivity index is 1.78. The van der Waals surface area contributed by atoms with Gasteiger partial charge in [-0.2, -0.15) is 0 Å². The molecule has 2 heterocycles. The third-order valence-electron chi connectivity index (χ3n) is 4.78. The summed E-state index contributed by atoms with van der Waals surface area (Å²) in [5.74, 6) is -4.04. The van der Waals surface area contributed by atoms with E-state index in [0.717, 1.165) is 19.2 Å². The maximum atomic E-state index is 15.0. The maximum Gasteiger partial charge on any atom is 0.277 e. The van der Waals surface area contributed by atoms with Crippen LogP contribution in [-0.2, 0) is 20.9 Å². The lowest BCUT2D eigenvalue weighted by molar-refractivity contribution is 0.0166. The second-order valence-corrected chi connectivity index (χ2v) is 9.07. The monoisotopic (exact) mass is 583 g/mol. The number of hydrogen-bond donors (Lipinski definition) is 3. The molecule has 0 bridgehead atoms. The summed E-state index contributed by atoms with van der Waals surface area (Å²) >= 11 is -0.590. The Hall–Kier alpha value is -1.84. The quantitative estimate of drug-likeness (QED) is 0.210. The number of nitrogens with one attached hydrogen (secondary N) is 2. The zero-order valence-corrected chi connectivity index (χ0v) is 19.9. The van der Waals surface area contributed by atoms with Gasteiger partial charge in [-0.15, -0.1) is 0 Å². The number of hydrogen-bond acceptors (Lipinski definition) is 7. The molecule has 8 nitrogen and oxygen atoms in total. The van der Waals surface area contributed by atoms with Crippen LogP contribution in [0.15, 0.2) is 27.7 Å². The van der Waals surface area contributed by atoms with E-state index in [4.69, 9.17) is 19.4 Å². The molecule has 3 rings (SSSR count). The van der Waals surface area contributed by atoms with Crippen LogP contribution >= 0.6 is 20.7 Å². The number of aliphatic hydroxyl groups excluding tert-OH is 1. The standard InChI is InChI=1S/C21H25F3IN3O5/c22-16-12-25-2-1-17(16)26-20-15(21(30)27-33-10-6-29)11-14(18(23)19(20)24)13-32-9-5-28-3-7-31-8-4-28/h1-2,11-12,26,29H,3-10,13H2,(H,27,30). The summed E-state index contributed by atoms with van der Waals surface area (Å²) < 4.78 is 57.8. The van der Waals surface area contributed by atoms with Gasteiger partial charge in [-0.3, -0.25) is 14.5 Å². The van der Waals surface area contributed by atoms with Gasteiger partial charge in [0, 0.05) is 29.2 Å². The number of rotatable bonds is 11. The lowest BCUT2D eigenvalue weighted by Gasteiger charge is -2.26. The van der Waals surface area contributed by atoms with Gasteiger partial charge in [0.2, 0.25) is 0 Å². The molecule has 1 saturated heterocycles. The molecule has 1 aromatic rings. The van der Waals surface area contributed by atoms with E-state index in [9.17, 15) is 13.6 Å². The van der Waals surface area contributed by atoms with Gasteiger partial charge in [0.25, 0.3) is 5.91 Å². The molecule has 0 atom stereocenters. The summed E-state index contributed by atoms with van der Waals surface area (Å²) in [6.07, 6.45) is 1.42. The van der Waals surface area contributed by atoms with Crippen molar-refractivity contribution < 1.29 is 37.4 Å². The molecule has 12 heteroatoms. The Labute approximate surface area is 199 Å². The lowest BCUT2D eigenvalue weighted by Crippen LogP contribution is -2.38. The number of hydroxylamine groups is 1. The number of amides is 1. The van der Waals surface area contributed by atoms with Gasteiger partial charge in [-0.25, -0.2) is 18.7 Å². The third-order valence-corrected chi connectivity index (χ3v) is 6.46. The van der Waals surface area contributed by atoms with Crippen LogP contribution in [0.3, 0.4) is 0 Å². The van der Waals surface area contributed by atoms with Gasteiger partial charge in [0.05, 0.1) is 56.6 Å². The number of carbonyl (C=O) groups excluding carboxylic acids is 1. The first-order valence-electron chi connectivity index (χ1n) is 10.2. The highest BCUT2D eigenvalue weighted by Gasteiger charge is 2.24. The van der Waals surface area contributed by atoms with Gasteiger partial charge in [0.15, 0.2) is 17.5 Å². The minimum absolute atomic E-state index is 0.0842. The average Bonchev–Trinajstić information content (AvgIpc) is 2.83. The van der Waals surface area contributed by atoms with Crippen LogP contribution in [0.1, 0.15) is 15.9 Å². The topological polar surface area (TPSA) is 92.3 Å². The van der Waals surface area contributed by atoms with E-state index in [-0.39, 0.29) is 43.3 Å². The van der Waals surface area contributed by atoms with Crippen molar-refractivity contribution in [1.82, 2.24) is 10.4 Å². The second-order valence-electron chi connectivity index (χ2n) is 7.01. The Bertz CT molecular complexity index is 936. The Morgan fingerprint density at radius 2 is 2.00 bits per heavy atom. The molecular weight excluding hydrogens is 558 g/mol. The predicted molar refractivity (Wildman–Crippen MR) is 125 cm³/mol. The molecular formula is C21H25F3IN3O5. The molecule has 1 amide bonds. The average molecular weight is 583 g/mol. The van der Waals surface area contributed by atoms with E-state index in [0.29, 0.717) is 19.8 Å². The molecule has 33 heavy (non-hydrogen) atoms. The van der Waals surface area contributed by atoms with Crippen molar-refractivity contribution in [1.29, 1.82) is 0 Å². The summed E-state index contributed by atoms with van der Waals surface area (Å²) in [6.45, 7) is 2.88. The fourth-order valence-corrected chi connectivity index (χ4v) is 4.49. The fraction of sp³-hybridized carbons (Fsp3) is 0.429. The third kappa shape index (κ3) is 7.32. The number of halogens is 4. The highest BCUT2D eigenvalue weighted by atomic mass is 127. The number of morpholine rings is 1. The van der Waals surface area contributed by atoms with Crippen LogP contribution in [0, 0.1) is 11.6 Å². The molecule has 1 aromatic carbocycles. The molecule has 182 valence electrons.